The molecule has 5 heteroatoms. The van der Waals surface area contributed by atoms with Crippen LogP contribution < -0.4 is 10.1 Å². The lowest BCUT2D eigenvalue weighted by Gasteiger charge is -2.03. The van der Waals surface area contributed by atoms with Crippen molar-refractivity contribution in [2.75, 3.05) is 19.0 Å². The summed E-state index contributed by atoms with van der Waals surface area (Å²) in [4.78, 5) is 9.61. The SMILES string of the molecule is COc1cnc(NCCc2cccs2)nc1. The Morgan fingerprint density at radius 3 is 2.81 bits per heavy atom. The minimum absolute atomic E-state index is 0.636. The molecule has 0 saturated carbocycles. The Kier molecular flexibility index (Phi) is 3.71. The van der Waals surface area contributed by atoms with Crippen molar-refractivity contribution in [3.05, 3.63) is 34.8 Å². The van der Waals surface area contributed by atoms with E-state index in [0.29, 0.717) is 11.7 Å². The highest BCUT2D eigenvalue weighted by Gasteiger charge is 1.97. The molecule has 16 heavy (non-hydrogen) atoms. The fourth-order valence-electron chi connectivity index (χ4n) is 1.27. The van der Waals surface area contributed by atoms with Gasteiger partial charge in [0.05, 0.1) is 19.5 Å². The van der Waals surface area contributed by atoms with Gasteiger partial charge in [0.1, 0.15) is 0 Å². The second-order valence-electron chi connectivity index (χ2n) is 3.20. The molecule has 4 nitrogen and oxygen atoms in total. The Morgan fingerprint density at radius 2 is 2.19 bits per heavy atom. The first-order valence-electron chi connectivity index (χ1n) is 5.01. The average Bonchev–Trinajstić information content (AvgIpc) is 2.83. The van der Waals surface area contributed by atoms with Crippen molar-refractivity contribution in [3.8, 4) is 5.75 Å². The molecule has 84 valence electrons. The van der Waals surface area contributed by atoms with E-state index in [1.165, 1.54) is 4.88 Å². The first-order chi connectivity index (χ1) is 7.88. The van der Waals surface area contributed by atoms with Gasteiger partial charge in [0.25, 0.3) is 0 Å². The standard InChI is InChI=1S/C11H13N3OS/c1-15-9-7-13-11(14-8-9)12-5-4-10-3-2-6-16-10/h2-3,6-8H,4-5H2,1H3,(H,12,13,14). The summed E-state index contributed by atoms with van der Waals surface area (Å²) < 4.78 is 4.98. The van der Waals surface area contributed by atoms with E-state index in [9.17, 15) is 0 Å². The first kappa shape index (κ1) is 10.9. The topological polar surface area (TPSA) is 47.0 Å². The molecule has 2 aromatic rings. The molecule has 2 rings (SSSR count). The third kappa shape index (κ3) is 2.93. The van der Waals surface area contributed by atoms with Crippen molar-refractivity contribution in [2.24, 2.45) is 0 Å². The Balaban J connectivity index is 1.81. The van der Waals surface area contributed by atoms with Gasteiger partial charge in [-0.05, 0) is 17.9 Å². The van der Waals surface area contributed by atoms with E-state index in [2.05, 4.69) is 32.8 Å². The Morgan fingerprint density at radius 1 is 1.38 bits per heavy atom. The predicted molar refractivity (Wildman–Crippen MR) is 65.1 cm³/mol. The van der Waals surface area contributed by atoms with Crippen LogP contribution >= 0.6 is 11.3 Å². The van der Waals surface area contributed by atoms with Gasteiger partial charge in [0, 0.05) is 11.4 Å². The summed E-state index contributed by atoms with van der Waals surface area (Å²) in [5, 5.41) is 5.25. The monoisotopic (exact) mass is 235 g/mol. The summed E-state index contributed by atoms with van der Waals surface area (Å²) in [5.74, 6) is 1.31. The van der Waals surface area contributed by atoms with Crippen molar-refractivity contribution in [1.29, 1.82) is 0 Å². The first-order valence-corrected chi connectivity index (χ1v) is 5.89. The molecule has 0 saturated heterocycles. The molecule has 0 bridgehead atoms. The van der Waals surface area contributed by atoms with Crippen LogP contribution in [0.5, 0.6) is 5.75 Å². The quantitative estimate of drug-likeness (QED) is 0.863. The number of thiophene rings is 1. The largest absolute Gasteiger partial charge is 0.494 e. The molecule has 0 amide bonds. The highest BCUT2D eigenvalue weighted by Crippen LogP contribution is 2.10. The van der Waals surface area contributed by atoms with E-state index < -0.39 is 0 Å². The van der Waals surface area contributed by atoms with Crippen LogP contribution in [0.25, 0.3) is 0 Å². The van der Waals surface area contributed by atoms with Crippen molar-refractivity contribution < 1.29 is 4.74 Å². The van der Waals surface area contributed by atoms with Gasteiger partial charge in [-0.3, -0.25) is 0 Å². The molecule has 2 aromatic heterocycles. The normalized spacial score (nSPS) is 10.1. The van der Waals surface area contributed by atoms with E-state index in [-0.39, 0.29) is 0 Å². The number of anilines is 1. The second kappa shape index (κ2) is 5.46. The molecule has 0 atom stereocenters. The molecule has 0 aliphatic heterocycles. The van der Waals surface area contributed by atoms with E-state index >= 15 is 0 Å². The lowest BCUT2D eigenvalue weighted by atomic mass is 10.3. The number of nitrogens with one attached hydrogen (secondary N) is 1. The van der Waals surface area contributed by atoms with Crippen LogP contribution in [0.4, 0.5) is 5.95 Å². The predicted octanol–water partition coefficient (Wildman–Crippen LogP) is 2.20. The van der Waals surface area contributed by atoms with E-state index in [1.54, 1.807) is 30.8 Å². The van der Waals surface area contributed by atoms with Crippen LogP contribution in [-0.2, 0) is 6.42 Å². The van der Waals surface area contributed by atoms with E-state index in [4.69, 9.17) is 4.74 Å². The van der Waals surface area contributed by atoms with Crippen LogP contribution in [0.3, 0.4) is 0 Å². The number of aromatic nitrogens is 2. The maximum Gasteiger partial charge on any atom is 0.222 e. The van der Waals surface area contributed by atoms with Crippen LogP contribution in [-0.4, -0.2) is 23.6 Å². The molecular weight excluding hydrogens is 222 g/mol. The summed E-state index contributed by atoms with van der Waals surface area (Å²) in [6.45, 7) is 0.840. The van der Waals surface area contributed by atoms with Gasteiger partial charge < -0.3 is 10.1 Å². The molecule has 0 aliphatic carbocycles. The van der Waals surface area contributed by atoms with Gasteiger partial charge >= 0.3 is 0 Å². The Bertz CT molecular complexity index is 413. The highest BCUT2D eigenvalue weighted by molar-refractivity contribution is 7.09. The second-order valence-corrected chi connectivity index (χ2v) is 4.23. The molecular formula is C11H13N3OS. The van der Waals surface area contributed by atoms with E-state index in [0.717, 1.165) is 13.0 Å². The molecule has 0 radical (unpaired) electrons. The zero-order chi connectivity index (χ0) is 11.2. The third-order valence-electron chi connectivity index (χ3n) is 2.10. The van der Waals surface area contributed by atoms with Crippen LogP contribution in [0.15, 0.2) is 29.9 Å². The van der Waals surface area contributed by atoms with Gasteiger partial charge in [-0.2, -0.15) is 0 Å². The minimum Gasteiger partial charge on any atom is -0.494 e. The number of ether oxygens (including phenoxy) is 1. The van der Waals surface area contributed by atoms with Crippen molar-refractivity contribution in [2.45, 2.75) is 6.42 Å². The van der Waals surface area contributed by atoms with Gasteiger partial charge in [-0.1, -0.05) is 6.07 Å². The molecule has 0 fully saturated rings. The molecule has 2 heterocycles. The third-order valence-corrected chi connectivity index (χ3v) is 3.03. The van der Waals surface area contributed by atoms with Crippen LogP contribution in [0.1, 0.15) is 4.88 Å². The minimum atomic E-state index is 0.636. The lowest BCUT2D eigenvalue weighted by molar-refractivity contribution is 0.411. The molecule has 0 unspecified atom stereocenters. The van der Waals surface area contributed by atoms with Gasteiger partial charge in [-0.25, -0.2) is 9.97 Å². The van der Waals surface area contributed by atoms with Crippen molar-refractivity contribution in [3.63, 3.8) is 0 Å². The maximum atomic E-state index is 4.98. The molecule has 0 aromatic carbocycles. The average molecular weight is 235 g/mol. The van der Waals surface area contributed by atoms with Crippen LogP contribution in [0.2, 0.25) is 0 Å². The van der Waals surface area contributed by atoms with E-state index in [1.807, 2.05) is 0 Å². The smallest absolute Gasteiger partial charge is 0.222 e. The number of methoxy groups -OCH3 is 1. The molecule has 0 aliphatic rings. The van der Waals surface area contributed by atoms with Gasteiger partial charge in [0.2, 0.25) is 5.95 Å². The summed E-state index contributed by atoms with van der Waals surface area (Å²) >= 11 is 1.76. The lowest BCUT2D eigenvalue weighted by Crippen LogP contribution is -2.07. The highest BCUT2D eigenvalue weighted by atomic mass is 32.1. The Hall–Kier alpha value is -1.62. The summed E-state index contributed by atoms with van der Waals surface area (Å²) in [6, 6.07) is 4.19. The number of nitrogens with zero attached hydrogens (tertiary/aromatic N) is 2. The van der Waals surface area contributed by atoms with Gasteiger partial charge in [-0.15, -0.1) is 11.3 Å². The number of hydrogen-bond donors (Lipinski definition) is 1. The maximum absolute atomic E-state index is 4.98. The Labute approximate surface area is 98.3 Å². The van der Waals surface area contributed by atoms with Gasteiger partial charge in [0.15, 0.2) is 5.75 Å². The fraction of sp³-hybridized carbons (Fsp3) is 0.273. The number of hydrogen-bond acceptors (Lipinski definition) is 5. The summed E-state index contributed by atoms with van der Waals surface area (Å²) in [6.07, 6.45) is 4.30. The zero-order valence-electron chi connectivity index (χ0n) is 9.01. The molecule has 0 spiro atoms. The fourth-order valence-corrected chi connectivity index (χ4v) is 1.97. The van der Waals surface area contributed by atoms with Crippen LogP contribution in [0, 0.1) is 0 Å². The van der Waals surface area contributed by atoms with Crippen molar-refractivity contribution >= 4 is 17.3 Å². The summed E-state index contributed by atoms with van der Waals surface area (Å²) in [5.41, 5.74) is 0. The summed E-state index contributed by atoms with van der Waals surface area (Å²) in [7, 11) is 1.60. The molecule has 1 N–H and O–H groups in total. The zero-order valence-corrected chi connectivity index (χ0v) is 9.83. The number of rotatable bonds is 5. The van der Waals surface area contributed by atoms with Crippen molar-refractivity contribution in [1.82, 2.24) is 9.97 Å².